The Morgan fingerprint density at radius 1 is 1.27 bits per heavy atom. The summed E-state index contributed by atoms with van der Waals surface area (Å²) < 4.78 is 12.5. The smallest absolute Gasteiger partial charge is 0.420 e. The molecule has 3 aromatic rings. The molecule has 2 heterocycles. The maximum atomic E-state index is 12.4. The highest BCUT2D eigenvalue weighted by Crippen LogP contribution is 2.27. The first-order chi connectivity index (χ1) is 12.6. The Labute approximate surface area is 156 Å². The van der Waals surface area contributed by atoms with Crippen LogP contribution in [0.3, 0.4) is 0 Å². The van der Waals surface area contributed by atoms with E-state index >= 15 is 0 Å². The zero-order valence-corrected chi connectivity index (χ0v) is 15.4. The third kappa shape index (κ3) is 3.37. The number of hydrogen-bond acceptors (Lipinski definition) is 4. The lowest BCUT2D eigenvalue weighted by molar-refractivity contribution is 0.167. The molecule has 0 radical (unpaired) electrons. The molecule has 4 rings (SSSR count). The Hall–Kier alpha value is -2.24. The molecular weight excluding hydrogens is 352 g/mol. The first-order valence-electron chi connectivity index (χ1n) is 8.80. The van der Waals surface area contributed by atoms with Crippen molar-refractivity contribution >= 4 is 22.7 Å². The van der Waals surface area contributed by atoms with Crippen molar-refractivity contribution in [3.05, 3.63) is 63.6 Å². The highest BCUT2D eigenvalue weighted by atomic mass is 35.5. The van der Waals surface area contributed by atoms with Gasteiger partial charge in [-0.05, 0) is 55.3 Å². The number of benzene rings is 2. The van der Waals surface area contributed by atoms with E-state index in [1.165, 1.54) is 5.56 Å². The minimum atomic E-state index is -0.310. The quantitative estimate of drug-likeness (QED) is 0.692. The zero-order valence-electron chi connectivity index (χ0n) is 14.7. The largest absolute Gasteiger partial charge is 0.497 e. The van der Waals surface area contributed by atoms with Crippen LogP contribution in [0, 0.1) is 0 Å². The predicted octanol–water partition coefficient (Wildman–Crippen LogP) is 4.09. The molecule has 1 saturated heterocycles. The summed E-state index contributed by atoms with van der Waals surface area (Å²) in [6.45, 7) is 2.65. The van der Waals surface area contributed by atoms with Crippen LogP contribution in [0.4, 0.5) is 0 Å². The van der Waals surface area contributed by atoms with Gasteiger partial charge in [0, 0.05) is 18.1 Å². The number of rotatable bonds is 4. The highest BCUT2D eigenvalue weighted by molar-refractivity contribution is 6.31. The Morgan fingerprint density at radius 3 is 3.00 bits per heavy atom. The molecule has 1 aliphatic rings. The Balaban J connectivity index is 1.58. The summed E-state index contributed by atoms with van der Waals surface area (Å²) in [5.74, 6) is 0.554. The minimum Gasteiger partial charge on any atom is -0.497 e. The van der Waals surface area contributed by atoms with Gasteiger partial charge in [-0.15, -0.1) is 0 Å². The predicted molar refractivity (Wildman–Crippen MR) is 102 cm³/mol. The van der Waals surface area contributed by atoms with Crippen molar-refractivity contribution < 1.29 is 9.15 Å². The van der Waals surface area contributed by atoms with Gasteiger partial charge < -0.3 is 9.15 Å². The topological polar surface area (TPSA) is 47.6 Å². The van der Waals surface area contributed by atoms with Crippen molar-refractivity contribution in [2.75, 3.05) is 20.2 Å². The molecule has 1 atom stereocenters. The van der Waals surface area contributed by atoms with Crippen LogP contribution in [-0.4, -0.2) is 29.7 Å². The van der Waals surface area contributed by atoms with Gasteiger partial charge in [-0.25, -0.2) is 4.79 Å². The molecule has 0 saturated carbocycles. The fourth-order valence-corrected chi connectivity index (χ4v) is 3.93. The molecule has 0 N–H and O–H groups in total. The van der Waals surface area contributed by atoms with Crippen molar-refractivity contribution in [3.63, 3.8) is 0 Å². The van der Waals surface area contributed by atoms with Gasteiger partial charge in [0.25, 0.3) is 0 Å². The second-order valence-electron chi connectivity index (χ2n) is 6.73. The van der Waals surface area contributed by atoms with Gasteiger partial charge in [-0.1, -0.05) is 23.7 Å². The summed E-state index contributed by atoms with van der Waals surface area (Å²) in [4.78, 5) is 14.8. The van der Waals surface area contributed by atoms with Crippen molar-refractivity contribution in [2.45, 2.75) is 25.4 Å². The Morgan fingerprint density at radius 2 is 2.15 bits per heavy atom. The van der Waals surface area contributed by atoms with Crippen LogP contribution in [0.15, 0.2) is 51.7 Å². The van der Waals surface area contributed by atoms with Gasteiger partial charge in [-0.3, -0.25) is 9.47 Å². The maximum Gasteiger partial charge on any atom is 0.420 e. The molecule has 26 heavy (non-hydrogen) atoms. The molecular formula is C20H21ClN2O3. The van der Waals surface area contributed by atoms with E-state index in [9.17, 15) is 4.79 Å². The van der Waals surface area contributed by atoms with E-state index in [0.29, 0.717) is 10.6 Å². The number of ether oxygens (including phenoxy) is 1. The fraction of sp³-hybridized carbons (Fsp3) is 0.350. The number of piperidine rings is 1. The Kier molecular flexibility index (Phi) is 4.74. The van der Waals surface area contributed by atoms with Crippen molar-refractivity contribution in [1.29, 1.82) is 0 Å². The van der Waals surface area contributed by atoms with Crippen LogP contribution < -0.4 is 10.5 Å². The van der Waals surface area contributed by atoms with Crippen molar-refractivity contribution in [3.8, 4) is 5.75 Å². The highest BCUT2D eigenvalue weighted by Gasteiger charge is 2.25. The molecule has 0 bridgehead atoms. The van der Waals surface area contributed by atoms with Crippen LogP contribution in [0.5, 0.6) is 5.75 Å². The number of hydrogen-bond donors (Lipinski definition) is 0. The van der Waals surface area contributed by atoms with Crippen LogP contribution in [-0.2, 0) is 6.54 Å². The van der Waals surface area contributed by atoms with Gasteiger partial charge >= 0.3 is 5.76 Å². The summed E-state index contributed by atoms with van der Waals surface area (Å²) >= 11 is 6.12. The number of methoxy groups -OCH3 is 1. The van der Waals surface area contributed by atoms with Crippen LogP contribution >= 0.6 is 11.6 Å². The number of fused-ring (bicyclic) bond motifs is 1. The Bertz CT molecular complexity index is 979. The average Bonchev–Trinajstić information content (AvgIpc) is 2.97. The van der Waals surface area contributed by atoms with Gasteiger partial charge in [0.1, 0.15) is 5.75 Å². The summed E-state index contributed by atoms with van der Waals surface area (Å²) in [7, 11) is 1.68. The first kappa shape index (κ1) is 17.2. The van der Waals surface area contributed by atoms with Crippen LogP contribution in [0.2, 0.25) is 5.02 Å². The van der Waals surface area contributed by atoms with Gasteiger partial charge in [0.05, 0.1) is 18.7 Å². The lowest BCUT2D eigenvalue weighted by Gasteiger charge is -2.33. The van der Waals surface area contributed by atoms with Crippen molar-refractivity contribution in [1.82, 2.24) is 9.47 Å². The lowest BCUT2D eigenvalue weighted by atomic mass is 10.0. The van der Waals surface area contributed by atoms with E-state index in [2.05, 4.69) is 17.0 Å². The molecule has 0 amide bonds. The van der Waals surface area contributed by atoms with Gasteiger partial charge in [0.2, 0.25) is 0 Å². The second-order valence-corrected chi connectivity index (χ2v) is 7.17. The third-order valence-electron chi connectivity index (χ3n) is 4.96. The second kappa shape index (κ2) is 7.17. The lowest BCUT2D eigenvalue weighted by Crippen LogP contribution is -2.38. The molecule has 2 aromatic carbocycles. The van der Waals surface area contributed by atoms with E-state index in [1.807, 2.05) is 18.2 Å². The van der Waals surface area contributed by atoms with Gasteiger partial charge in [0.15, 0.2) is 5.58 Å². The molecule has 1 fully saturated rings. The number of halogens is 1. The molecule has 136 valence electrons. The molecule has 1 aromatic heterocycles. The first-order valence-corrected chi connectivity index (χ1v) is 9.18. The standard InChI is InChI=1S/C20H21ClN2O3/c1-25-17-6-2-4-14(10-17)12-22-9-3-5-16(13-22)23-18-11-15(21)7-8-19(18)26-20(23)24/h2,4,6-8,10-11,16H,3,5,9,12-13H2,1H3. The average molecular weight is 373 g/mol. The fourth-order valence-electron chi connectivity index (χ4n) is 3.77. The number of aromatic nitrogens is 1. The summed E-state index contributed by atoms with van der Waals surface area (Å²) in [5, 5.41) is 0.607. The monoisotopic (exact) mass is 372 g/mol. The molecule has 1 unspecified atom stereocenters. The van der Waals surface area contributed by atoms with Crippen LogP contribution in [0.1, 0.15) is 24.4 Å². The minimum absolute atomic E-state index is 0.0848. The molecule has 0 spiro atoms. The summed E-state index contributed by atoms with van der Waals surface area (Å²) in [5.41, 5.74) is 2.57. The normalized spacial score (nSPS) is 18.3. The zero-order chi connectivity index (χ0) is 18.1. The van der Waals surface area contributed by atoms with E-state index < -0.39 is 0 Å². The number of likely N-dealkylation sites (tertiary alicyclic amines) is 1. The number of oxazole rings is 1. The third-order valence-corrected chi connectivity index (χ3v) is 5.20. The molecule has 1 aliphatic heterocycles. The van der Waals surface area contributed by atoms with Gasteiger partial charge in [-0.2, -0.15) is 0 Å². The van der Waals surface area contributed by atoms with Crippen molar-refractivity contribution in [2.24, 2.45) is 0 Å². The molecule has 6 heteroatoms. The SMILES string of the molecule is COc1cccc(CN2CCCC(n3c(=O)oc4ccc(Cl)cc43)C2)c1. The summed E-state index contributed by atoms with van der Waals surface area (Å²) in [6.07, 6.45) is 1.99. The van der Waals surface area contributed by atoms with E-state index in [1.54, 1.807) is 23.8 Å². The molecule has 5 nitrogen and oxygen atoms in total. The van der Waals surface area contributed by atoms with E-state index in [0.717, 1.165) is 43.7 Å². The van der Waals surface area contributed by atoms with Crippen LogP contribution in [0.25, 0.3) is 11.1 Å². The van der Waals surface area contributed by atoms with E-state index in [-0.39, 0.29) is 11.8 Å². The molecule has 0 aliphatic carbocycles. The van der Waals surface area contributed by atoms with E-state index in [4.69, 9.17) is 20.8 Å². The number of nitrogens with zero attached hydrogens (tertiary/aromatic N) is 2. The maximum absolute atomic E-state index is 12.4. The summed E-state index contributed by atoms with van der Waals surface area (Å²) in [6, 6.07) is 13.5.